The second-order valence-corrected chi connectivity index (χ2v) is 7.35. The zero-order valence-electron chi connectivity index (χ0n) is 14.1. The summed E-state index contributed by atoms with van der Waals surface area (Å²) in [6, 6.07) is 14.0. The Morgan fingerprint density at radius 3 is 2.44 bits per heavy atom. The van der Waals surface area contributed by atoms with Crippen LogP contribution in [-0.4, -0.2) is 18.6 Å². The van der Waals surface area contributed by atoms with Gasteiger partial charge < -0.3 is 4.52 Å². The molecule has 0 aliphatic rings. The summed E-state index contributed by atoms with van der Waals surface area (Å²) < 4.78 is 33.1. The van der Waals surface area contributed by atoms with Gasteiger partial charge in [-0.1, -0.05) is 42.4 Å². The van der Waals surface area contributed by atoms with Crippen LogP contribution >= 0.6 is 0 Å². The summed E-state index contributed by atoms with van der Waals surface area (Å²) in [5, 5.41) is 3.76. The molecule has 0 unspecified atom stereocenters. The monoisotopic (exact) mass is 357 g/mol. The number of hydrogen-bond acceptors (Lipinski definition) is 5. The number of para-hydroxylation sites is 1. The third-order valence-corrected chi connectivity index (χ3v) is 5.20. The van der Waals surface area contributed by atoms with E-state index in [-0.39, 0.29) is 4.90 Å². The molecule has 0 radical (unpaired) electrons. The highest BCUT2D eigenvalue weighted by molar-refractivity contribution is 7.92. The van der Waals surface area contributed by atoms with Gasteiger partial charge in [0.2, 0.25) is 5.89 Å². The van der Waals surface area contributed by atoms with Crippen LogP contribution in [-0.2, 0) is 22.9 Å². The molecule has 0 saturated carbocycles. The largest absolute Gasteiger partial charge is 0.339 e. The van der Waals surface area contributed by atoms with E-state index in [9.17, 15) is 8.42 Å². The minimum Gasteiger partial charge on any atom is -0.339 e. The van der Waals surface area contributed by atoms with Crippen molar-refractivity contribution in [2.45, 2.75) is 31.6 Å². The number of aryl methyl sites for hydroxylation is 2. The summed E-state index contributed by atoms with van der Waals surface area (Å²) in [6.07, 6.45) is 1.22. The molecule has 0 amide bonds. The van der Waals surface area contributed by atoms with Crippen molar-refractivity contribution in [3.05, 3.63) is 71.4 Å². The second kappa shape index (κ2) is 7.06. The number of benzene rings is 2. The lowest BCUT2D eigenvalue weighted by Crippen LogP contribution is -2.14. The van der Waals surface area contributed by atoms with Gasteiger partial charge in [-0.05, 0) is 42.7 Å². The van der Waals surface area contributed by atoms with Gasteiger partial charge in [0, 0.05) is 0 Å². The lowest BCUT2D eigenvalue weighted by Gasteiger charge is -2.12. The van der Waals surface area contributed by atoms with E-state index < -0.39 is 10.0 Å². The molecular weight excluding hydrogens is 338 g/mol. The number of nitrogens with zero attached hydrogens (tertiary/aromatic N) is 2. The molecule has 0 saturated heterocycles. The number of anilines is 1. The maximum absolute atomic E-state index is 12.6. The zero-order chi connectivity index (χ0) is 17.9. The van der Waals surface area contributed by atoms with Crippen molar-refractivity contribution in [1.82, 2.24) is 10.1 Å². The Morgan fingerprint density at radius 1 is 1.08 bits per heavy atom. The Balaban J connectivity index is 1.86. The van der Waals surface area contributed by atoms with E-state index in [1.54, 1.807) is 31.2 Å². The highest BCUT2D eigenvalue weighted by Crippen LogP contribution is 2.22. The SMILES string of the molecule is CCc1ccc(S(=O)(=O)Nc2ccccc2Cc2nc(C)no2)cc1. The molecule has 1 heterocycles. The molecule has 0 aliphatic carbocycles. The highest BCUT2D eigenvalue weighted by atomic mass is 32.2. The molecule has 3 rings (SSSR count). The van der Waals surface area contributed by atoms with Gasteiger partial charge >= 0.3 is 0 Å². The molecule has 7 heteroatoms. The zero-order valence-corrected chi connectivity index (χ0v) is 14.9. The summed E-state index contributed by atoms with van der Waals surface area (Å²) in [5.74, 6) is 0.987. The fraction of sp³-hybridized carbons (Fsp3) is 0.222. The normalized spacial score (nSPS) is 11.4. The molecule has 0 aliphatic heterocycles. The molecule has 0 atom stereocenters. The van der Waals surface area contributed by atoms with E-state index in [1.807, 2.05) is 31.2 Å². The molecule has 0 bridgehead atoms. The molecule has 1 aromatic heterocycles. The Hall–Kier alpha value is -2.67. The Kier molecular flexibility index (Phi) is 4.85. The first-order chi connectivity index (χ1) is 12.0. The van der Waals surface area contributed by atoms with E-state index >= 15 is 0 Å². The van der Waals surface area contributed by atoms with Gasteiger partial charge in [0.25, 0.3) is 10.0 Å². The number of sulfonamides is 1. The van der Waals surface area contributed by atoms with E-state index in [0.29, 0.717) is 23.8 Å². The smallest absolute Gasteiger partial charge is 0.261 e. The van der Waals surface area contributed by atoms with Crippen LogP contribution in [0, 0.1) is 6.92 Å². The number of hydrogen-bond donors (Lipinski definition) is 1. The number of rotatable bonds is 6. The average molecular weight is 357 g/mol. The average Bonchev–Trinajstić information content (AvgIpc) is 3.01. The predicted molar refractivity (Wildman–Crippen MR) is 94.9 cm³/mol. The first-order valence-corrected chi connectivity index (χ1v) is 9.45. The van der Waals surface area contributed by atoms with Gasteiger partial charge in [0.15, 0.2) is 5.82 Å². The van der Waals surface area contributed by atoms with E-state index in [4.69, 9.17) is 4.52 Å². The number of nitrogens with one attached hydrogen (secondary N) is 1. The molecule has 0 spiro atoms. The van der Waals surface area contributed by atoms with Crippen molar-refractivity contribution in [2.24, 2.45) is 0 Å². The van der Waals surface area contributed by atoms with Crippen LogP contribution in [0.4, 0.5) is 5.69 Å². The van der Waals surface area contributed by atoms with Gasteiger partial charge in [-0.2, -0.15) is 4.98 Å². The van der Waals surface area contributed by atoms with Crippen molar-refractivity contribution in [2.75, 3.05) is 4.72 Å². The molecule has 1 N–H and O–H groups in total. The van der Waals surface area contributed by atoms with Crippen molar-refractivity contribution in [3.63, 3.8) is 0 Å². The predicted octanol–water partition coefficient (Wildman–Crippen LogP) is 3.33. The molecule has 6 nitrogen and oxygen atoms in total. The minimum absolute atomic E-state index is 0.230. The summed E-state index contributed by atoms with van der Waals surface area (Å²) in [7, 11) is -3.66. The highest BCUT2D eigenvalue weighted by Gasteiger charge is 2.17. The molecular formula is C18H19N3O3S. The third kappa shape index (κ3) is 4.06. The standard InChI is InChI=1S/C18H19N3O3S/c1-3-14-8-10-16(11-9-14)25(22,23)21-17-7-5-4-6-15(17)12-18-19-13(2)20-24-18/h4-11,21H,3,12H2,1-2H3. The molecule has 2 aromatic carbocycles. The van der Waals surface area contributed by atoms with Crippen LogP contribution in [0.1, 0.15) is 29.8 Å². The van der Waals surface area contributed by atoms with Gasteiger partial charge in [-0.3, -0.25) is 4.72 Å². The Labute approximate surface area is 147 Å². The number of aromatic nitrogens is 2. The lowest BCUT2D eigenvalue weighted by atomic mass is 10.1. The van der Waals surface area contributed by atoms with Crippen LogP contribution in [0.25, 0.3) is 0 Å². The topological polar surface area (TPSA) is 85.1 Å². The second-order valence-electron chi connectivity index (χ2n) is 5.67. The first kappa shape index (κ1) is 17.2. The molecule has 0 fully saturated rings. The van der Waals surface area contributed by atoms with Gasteiger partial charge in [0.1, 0.15) is 0 Å². The van der Waals surface area contributed by atoms with E-state index in [0.717, 1.165) is 17.5 Å². The van der Waals surface area contributed by atoms with Crippen LogP contribution < -0.4 is 4.72 Å². The van der Waals surface area contributed by atoms with Crippen LogP contribution in [0.2, 0.25) is 0 Å². The maximum atomic E-state index is 12.6. The Morgan fingerprint density at radius 2 is 1.80 bits per heavy atom. The van der Waals surface area contributed by atoms with Crippen molar-refractivity contribution in [1.29, 1.82) is 0 Å². The summed E-state index contributed by atoms with van der Waals surface area (Å²) >= 11 is 0. The fourth-order valence-corrected chi connectivity index (χ4v) is 3.56. The van der Waals surface area contributed by atoms with E-state index in [2.05, 4.69) is 14.9 Å². The van der Waals surface area contributed by atoms with Crippen molar-refractivity contribution in [3.8, 4) is 0 Å². The summed E-state index contributed by atoms with van der Waals surface area (Å²) in [4.78, 5) is 4.40. The molecule has 3 aromatic rings. The fourth-order valence-electron chi connectivity index (χ4n) is 2.46. The maximum Gasteiger partial charge on any atom is 0.261 e. The van der Waals surface area contributed by atoms with Crippen molar-refractivity contribution < 1.29 is 12.9 Å². The van der Waals surface area contributed by atoms with Gasteiger partial charge in [-0.25, -0.2) is 8.42 Å². The lowest BCUT2D eigenvalue weighted by molar-refractivity contribution is 0.381. The third-order valence-electron chi connectivity index (χ3n) is 3.81. The minimum atomic E-state index is -3.66. The van der Waals surface area contributed by atoms with Gasteiger partial charge in [-0.15, -0.1) is 0 Å². The summed E-state index contributed by atoms with van der Waals surface area (Å²) in [6.45, 7) is 3.76. The first-order valence-electron chi connectivity index (χ1n) is 7.97. The Bertz CT molecular complexity index is 963. The van der Waals surface area contributed by atoms with Crippen LogP contribution in [0.5, 0.6) is 0 Å². The van der Waals surface area contributed by atoms with Crippen LogP contribution in [0.3, 0.4) is 0 Å². The summed E-state index contributed by atoms with van der Waals surface area (Å²) in [5.41, 5.74) is 2.35. The quantitative estimate of drug-likeness (QED) is 0.731. The van der Waals surface area contributed by atoms with Crippen molar-refractivity contribution >= 4 is 15.7 Å². The van der Waals surface area contributed by atoms with Crippen LogP contribution in [0.15, 0.2) is 57.9 Å². The molecule has 130 valence electrons. The van der Waals surface area contributed by atoms with E-state index in [1.165, 1.54) is 0 Å². The van der Waals surface area contributed by atoms with Gasteiger partial charge in [0.05, 0.1) is 17.0 Å². The molecule has 25 heavy (non-hydrogen) atoms.